The number of amides is 3. The van der Waals surface area contributed by atoms with E-state index < -0.39 is 0 Å². The Morgan fingerprint density at radius 3 is 2.33 bits per heavy atom. The Hall–Kier alpha value is -2.04. The summed E-state index contributed by atoms with van der Waals surface area (Å²) in [5.41, 5.74) is 1.60. The first-order chi connectivity index (χ1) is 8.52. The minimum Gasteiger partial charge on any atom is -0.350 e. The van der Waals surface area contributed by atoms with Gasteiger partial charge < -0.3 is 15.5 Å². The van der Waals surface area contributed by atoms with Gasteiger partial charge in [-0.25, -0.2) is 4.79 Å². The number of aryl methyl sites for hydroxylation is 1. The van der Waals surface area contributed by atoms with E-state index in [-0.39, 0.29) is 11.9 Å². The molecule has 0 atom stereocenters. The third-order valence-electron chi connectivity index (χ3n) is 2.48. The van der Waals surface area contributed by atoms with Crippen molar-refractivity contribution in [2.75, 3.05) is 27.2 Å². The summed E-state index contributed by atoms with van der Waals surface area (Å²) < 4.78 is 0. The molecule has 3 amide bonds. The number of urea groups is 1. The Labute approximate surface area is 107 Å². The number of carbonyl (C=O) groups excluding carboxylic acids is 2. The molecule has 18 heavy (non-hydrogen) atoms. The smallest absolute Gasteiger partial charge is 0.316 e. The molecule has 5 nitrogen and oxygen atoms in total. The molecule has 0 aliphatic heterocycles. The van der Waals surface area contributed by atoms with Crippen LogP contribution in [0.1, 0.15) is 15.9 Å². The standard InChI is InChI=1S/C13H19N3O2/c1-10-6-4-5-7-11(10)12(17)14-8-9-15-13(18)16(2)3/h4-7H,8-9H2,1-3H3,(H,14,17)(H,15,18). The summed E-state index contributed by atoms with van der Waals surface area (Å²) in [6.45, 7) is 2.71. The largest absolute Gasteiger partial charge is 0.350 e. The number of carbonyl (C=O) groups is 2. The Bertz CT molecular complexity index is 430. The van der Waals surface area contributed by atoms with E-state index in [1.54, 1.807) is 20.2 Å². The molecule has 0 bridgehead atoms. The first kappa shape index (κ1) is 14.0. The predicted octanol–water partition coefficient (Wildman–Crippen LogP) is 0.996. The second kappa shape index (κ2) is 6.64. The van der Waals surface area contributed by atoms with Crippen molar-refractivity contribution in [2.24, 2.45) is 0 Å². The fourth-order valence-corrected chi connectivity index (χ4v) is 1.43. The molecule has 1 rings (SSSR count). The summed E-state index contributed by atoms with van der Waals surface area (Å²) in [4.78, 5) is 24.5. The Kier molecular flexibility index (Phi) is 5.17. The lowest BCUT2D eigenvalue weighted by atomic mass is 10.1. The minimum atomic E-state index is -0.167. The van der Waals surface area contributed by atoms with E-state index in [1.807, 2.05) is 25.1 Å². The van der Waals surface area contributed by atoms with Crippen LogP contribution in [0.3, 0.4) is 0 Å². The summed E-state index contributed by atoms with van der Waals surface area (Å²) in [5, 5.41) is 5.44. The van der Waals surface area contributed by atoms with Gasteiger partial charge in [-0.05, 0) is 18.6 Å². The van der Waals surface area contributed by atoms with E-state index in [4.69, 9.17) is 0 Å². The van der Waals surface area contributed by atoms with Crippen LogP contribution in [0, 0.1) is 6.92 Å². The Morgan fingerprint density at radius 1 is 1.11 bits per heavy atom. The van der Waals surface area contributed by atoms with Crippen LogP contribution in [-0.4, -0.2) is 44.0 Å². The molecule has 5 heteroatoms. The van der Waals surface area contributed by atoms with Crippen molar-refractivity contribution in [2.45, 2.75) is 6.92 Å². The molecule has 1 aromatic carbocycles. The highest BCUT2D eigenvalue weighted by molar-refractivity contribution is 5.95. The Balaban J connectivity index is 2.35. The van der Waals surface area contributed by atoms with Gasteiger partial charge in [-0.3, -0.25) is 4.79 Å². The molecule has 0 aromatic heterocycles. The van der Waals surface area contributed by atoms with E-state index in [0.29, 0.717) is 18.7 Å². The van der Waals surface area contributed by atoms with Crippen molar-refractivity contribution >= 4 is 11.9 Å². The molecule has 0 aliphatic rings. The summed E-state index contributed by atoms with van der Waals surface area (Å²) in [5.74, 6) is -0.118. The van der Waals surface area contributed by atoms with Gasteiger partial charge in [0.15, 0.2) is 0 Å². The lowest BCUT2D eigenvalue weighted by molar-refractivity contribution is 0.0953. The maximum Gasteiger partial charge on any atom is 0.316 e. The number of nitrogens with zero attached hydrogens (tertiary/aromatic N) is 1. The highest BCUT2D eigenvalue weighted by Crippen LogP contribution is 2.05. The average Bonchev–Trinajstić information content (AvgIpc) is 2.34. The molecule has 0 heterocycles. The SMILES string of the molecule is Cc1ccccc1C(=O)NCCNC(=O)N(C)C. The van der Waals surface area contributed by atoms with E-state index in [9.17, 15) is 9.59 Å². The molecular weight excluding hydrogens is 230 g/mol. The lowest BCUT2D eigenvalue weighted by Crippen LogP contribution is -2.39. The average molecular weight is 249 g/mol. The number of rotatable bonds is 4. The number of nitrogens with one attached hydrogen (secondary N) is 2. The van der Waals surface area contributed by atoms with Gasteiger partial charge in [0.05, 0.1) is 0 Å². The van der Waals surface area contributed by atoms with Crippen LogP contribution < -0.4 is 10.6 Å². The summed E-state index contributed by atoms with van der Waals surface area (Å²) in [6, 6.07) is 7.23. The number of hydrogen-bond acceptors (Lipinski definition) is 2. The quantitative estimate of drug-likeness (QED) is 0.782. The zero-order chi connectivity index (χ0) is 13.5. The van der Waals surface area contributed by atoms with Crippen molar-refractivity contribution < 1.29 is 9.59 Å². The van der Waals surface area contributed by atoms with Gasteiger partial charge in [0.25, 0.3) is 5.91 Å². The van der Waals surface area contributed by atoms with Crippen LogP contribution in [0.25, 0.3) is 0 Å². The van der Waals surface area contributed by atoms with Gasteiger partial charge in [-0.2, -0.15) is 0 Å². The number of hydrogen-bond donors (Lipinski definition) is 2. The minimum absolute atomic E-state index is 0.118. The molecule has 0 unspecified atom stereocenters. The van der Waals surface area contributed by atoms with Crippen LogP contribution in [-0.2, 0) is 0 Å². The molecule has 0 aliphatic carbocycles. The molecule has 0 saturated heterocycles. The molecule has 0 saturated carbocycles. The Morgan fingerprint density at radius 2 is 1.72 bits per heavy atom. The maximum atomic E-state index is 11.8. The van der Waals surface area contributed by atoms with E-state index in [2.05, 4.69) is 10.6 Å². The van der Waals surface area contributed by atoms with Crippen molar-refractivity contribution in [3.8, 4) is 0 Å². The zero-order valence-corrected chi connectivity index (χ0v) is 11.0. The van der Waals surface area contributed by atoms with Crippen LogP contribution in [0.5, 0.6) is 0 Å². The van der Waals surface area contributed by atoms with Crippen LogP contribution in [0.15, 0.2) is 24.3 Å². The third-order valence-corrected chi connectivity index (χ3v) is 2.48. The topological polar surface area (TPSA) is 61.4 Å². The molecule has 1 aromatic rings. The second-order valence-electron chi connectivity index (χ2n) is 4.20. The second-order valence-corrected chi connectivity index (χ2v) is 4.20. The van der Waals surface area contributed by atoms with Crippen LogP contribution >= 0.6 is 0 Å². The molecule has 98 valence electrons. The summed E-state index contributed by atoms with van der Waals surface area (Å²) in [7, 11) is 3.34. The highest BCUT2D eigenvalue weighted by atomic mass is 16.2. The molecule has 2 N–H and O–H groups in total. The van der Waals surface area contributed by atoms with Gasteiger partial charge in [0, 0.05) is 32.7 Å². The van der Waals surface area contributed by atoms with E-state index in [1.165, 1.54) is 4.90 Å². The molecular formula is C13H19N3O2. The monoisotopic (exact) mass is 249 g/mol. The van der Waals surface area contributed by atoms with Crippen molar-refractivity contribution in [3.63, 3.8) is 0 Å². The van der Waals surface area contributed by atoms with Gasteiger partial charge in [-0.1, -0.05) is 18.2 Å². The predicted molar refractivity (Wildman–Crippen MR) is 70.6 cm³/mol. The molecule has 0 radical (unpaired) electrons. The van der Waals surface area contributed by atoms with Gasteiger partial charge >= 0.3 is 6.03 Å². The highest BCUT2D eigenvalue weighted by Gasteiger charge is 2.07. The van der Waals surface area contributed by atoms with E-state index >= 15 is 0 Å². The van der Waals surface area contributed by atoms with Crippen molar-refractivity contribution in [3.05, 3.63) is 35.4 Å². The lowest BCUT2D eigenvalue weighted by Gasteiger charge is -2.12. The van der Waals surface area contributed by atoms with Crippen LogP contribution in [0.2, 0.25) is 0 Å². The molecule has 0 spiro atoms. The van der Waals surface area contributed by atoms with Gasteiger partial charge in [-0.15, -0.1) is 0 Å². The van der Waals surface area contributed by atoms with Crippen molar-refractivity contribution in [1.29, 1.82) is 0 Å². The first-order valence-corrected chi connectivity index (χ1v) is 5.81. The maximum absolute atomic E-state index is 11.8. The first-order valence-electron chi connectivity index (χ1n) is 5.81. The third kappa shape index (κ3) is 4.08. The molecule has 0 fully saturated rings. The zero-order valence-electron chi connectivity index (χ0n) is 11.0. The van der Waals surface area contributed by atoms with E-state index in [0.717, 1.165) is 5.56 Å². The van der Waals surface area contributed by atoms with Crippen molar-refractivity contribution in [1.82, 2.24) is 15.5 Å². The fraction of sp³-hybridized carbons (Fsp3) is 0.385. The normalized spacial score (nSPS) is 9.72. The van der Waals surface area contributed by atoms with Gasteiger partial charge in [0.1, 0.15) is 0 Å². The summed E-state index contributed by atoms with van der Waals surface area (Å²) >= 11 is 0. The van der Waals surface area contributed by atoms with Gasteiger partial charge in [0.2, 0.25) is 0 Å². The summed E-state index contributed by atoms with van der Waals surface area (Å²) in [6.07, 6.45) is 0. The van der Waals surface area contributed by atoms with Crippen LogP contribution in [0.4, 0.5) is 4.79 Å². The fourth-order valence-electron chi connectivity index (χ4n) is 1.43. The number of benzene rings is 1.